The van der Waals surface area contributed by atoms with E-state index in [1.165, 1.54) is 26.4 Å². The van der Waals surface area contributed by atoms with Crippen LogP contribution in [0, 0.1) is 5.82 Å². The first-order valence-electron chi connectivity index (χ1n) is 12.5. The third-order valence-corrected chi connectivity index (χ3v) is 6.14. The molecule has 1 aliphatic rings. The molecule has 4 rings (SSSR count). The van der Waals surface area contributed by atoms with Gasteiger partial charge in [-0.05, 0) is 62.1 Å². The quantitative estimate of drug-likeness (QED) is 0.398. The fourth-order valence-electron chi connectivity index (χ4n) is 4.44. The van der Waals surface area contributed by atoms with Crippen LogP contribution in [0.15, 0.2) is 36.4 Å². The van der Waals surface area contributed by atoms with E-state index in [1.54, 1.807) is 12.1 Å². The van der Waals surface area contributed by atoms with Crippen LogP contribution in [0.3, 0.4) is 0 Å². The number of nitrogens with one attached hydrogen (secondary N) is 1. The maximum Gasteiger partial charge on any atom is 0.324 e. The topological polar surface area (TPSA) is 90.9 Å². The van der Waals surface area contributed by atoms with E-state index in [0.717, 1.165) is 60.7 Å². The number of ether oxygens (including phenoxy) is 4. The molecule has 0 spiro atoms. The lowest BCUT2D eigenvalue weighted by Crippen LogP contribution is -2.39. The average Bonchev–Trinajstić information content (AvgIpc) is 2.91. The van der Waals surface area contributed by atoms with E-state index < -0.39 is 0 Å². The number of aromatic nitrogens is 3. The Labute approximate surface area is 217 Å². The standard InChI is InChI=1S/C27H34FN5O4/c1-5-36-22-15-18(16-23(37-6-2)24(22)19-7-9-20(28)10-8-19)17-33-13-11-21(12-14-33)29-25-30-26(34-3)32-27(31-25)35-4/h7-10,15-16,21H,5-6,11-14,17H2,1-4H3,(H,29,30,31,32). The van der Waals surface area contributed by atoms with Crippen molar-refractivity contribution in [1.82, 2.24) is 19.9 Å². The third-order valence-electron chi connectivity index (χ3n) is 6.14. The number of benzene rings is 2. The first kappa shape index (κ1) is 26.4. The van der Waals surface area contributed by atoms with Crippen molar-refractivity contribution in [1.29, 1.82) is 0 Å². The summed E-state index contributed by atoms with van der Waals surface area (Å²) >= 11 is 0. The minimum Gasteiger partial charge on any atom is -0.493 e. The first-order valence-corrected chi connectivity index (χ1v) is 12.5. The van der Waals surface area contributed by atoms with E-state index in [9.17, 15) is 4.39 Å². The lowest BCUT2D eigenvalue weighted by Gasteiger charge is -2.32. The van der Waals surface area contributed by atoms with Gasteiger partial charge in [-0.15, -0.1) is 4.98 Å². The zero-order valence-corrected chi connectivity index (χ0v) is 21.8. The fraction of sp³-hybridized carbons (Fsp3) is 0.444. The molecule has 2 aromatic carbocycles. The van der Waals surface area contributed by atoms with Crippen LogP contribution in [-0.2, 0) is 6.54 Å². The predicted octanol–water partition coefficient (Wildman–Crippen LogP) is 4.57. The third kappa shape index (κ3) is 6.76. The second kappa shape index (κ2) is 12.5. The molecule has 1 fully saturated rings. The van der Waals surface area contributed by atoms with Gasteiger partial charge in [-0.3, -0.25) is 4.90 Å². The van der Waals surface area contributed by atoms with Crippen molar-refractivity contribution in [3.05, 3.63) is 47.8 Å². The largest absolute Gasteiger partial charge is 0.493 e. The molecule has 0 unspecified atom stereocenters. The van der Waals surface area contributed by atoms with E-state index in [0.29, 0.717) is 19.2 Å². The number of piperidine rings is 1. The molecule has 1 N–H and O–H groups in total. The molecule has 0 radical (unpaired) electrons. The van der Waals surface area contributed by atoms with Crippen LogP contribution in [-0.4, -0.2) is 66.4 Å². The number of methoxy groups -OCH3 is 2. The van der Waals surface area contributed by atoms with Crippen LogP contribution >= 0.6 is 0 Å². The summed E-state index contributed by atoms with van der Waals surface area (Å²) in [6.07, 6.45) is 1.86. The molecule has 198 valence electrons. The van der Waals surface area contributed by atoms with Crippen LogP contribution in [0.25, 0.3) is 11.1 Å². The second-order valence-electron chi connectivity index (χ2n) is 8.67. The van der Waals surface area contributed by atoms with Gasteiger partial charge in [-0.2, -0.15) is 9.97 Å². The summed E-state index contributed by atoms with van der Waals surface area (Å²) in [7, 11) is 3.02. The minimum absolute atomic E-state index is 0.214. The number of hydrogen-bond donors (Lipinski definition) is 1. The molecular formula is C27H34FN5O4. The number of likely N-dealkylation sites (tertiary alicyclic amines) is 1. The Kier molecular flexibility index (Phi) is 8.95. The van der Waals surface area contributed by atoms with Gasteiger partial charge in [0.15, 0.2) is 0 Å². The van der Waals surface area contributed by atoms with Gasteiger partial charge >= 0.3 is 12.0 Å². The Morgan fingerprint density at radius 2 is 1.46 bits per heavy atom. The lowest BCUT2D eigenvalue weighted by molar-refractivity contribution is 0.210. The Hall–Kier alpha value is -3.66. The van der Waals surface area contributed by atoms with Crippen LogP contribution in [0.1, 0.15) is 32.3 Å². The van der Waals surface area contributed by atoms with Crippen molar-refractivity contribution in [3.8, 4) is 34.6 Å². The molecule has 37 heavy (non-hydrogen) atoms. The molecule has 1 aromatic heterocycles. The lowest BCUT2D eigenvalue weighted by atomic mass is 9.99. The second-order valence-corrected chi connectivity index (χ2v) is 8.67. The monoisotopic (exact) mass is 511 g/mol. The number of nitrogens with zero attached hydrogens (tertiary/aromatic N) is 4. The minimum atomic E-state index is -0.275. The highest BCUT2D eigenvalue weighted by atomic mass is 19.1. The van der Waals surface area contributed by atoms with Crippen molar-refractivity contribution in [2.24, 2.45) is 0 Å². The summed E-state index contributed by atoms with van der Waals surface area (Å²) in [4.78, 5) is 15.0. The molecule has 10 heteroatoms. The molecule has 1 aliphatic heterocycles. The predicted molar refractivity (Wildman–Crippen MR) is 139 cm³/mol. The van der Waals surface area contributed by atoms with Gasteiger partial charge < -0.3 is 24.3 Å². The van der Waals surface area contributed by atoms with Gasteiger partial charge in [0.05, 0.1) is 33.0 Å². The SMILES string of the molecule is CCOc1cc(CN2CCC(Nc3nc(OC)nc(OC)n3)CC2)cc(OCC)c1-c1ccc(F)cc1. The highest BCUT2D eigenvalue weighted by Gasteiger charge is 2.22. The smallest absolute Gasteiger partial charge is 0.324 e. The summed E-state index contributed by atoms with van der Waals surface area (Å²) in [5, 5.41) is 3.38. The van der Waals surface area contributed by atoms with E-state index in [4.69, 9.17) is 18.9 Å². The maximum atomic E-state index is 13.5. The van der Waals surface area contributed by atoms with Gasteiger partial charge in [0.1, 0.15) is 17.3 Å². The highest BCUT2D eigenvalue weighted by Crippen LogP contribution is 2.40. The van der Waals surface area contributed by atoms with Crippen LogP contribution in [0.5, 0.6) is 23.5 Å². The molecular weight excluding hydrogens is 477 g/mol. The Morgan fingerprint density at radius 3 is 1.97 bits per heavy atom. The molecule has 0 aliphatic carbocycles. The number of rotatable bonds is 11. The summed E-state index contributed by atoms with van der Waals surface area (Å²) in [5.74, 6) is 1.65. The first-order chi connectivity index (χ1) is 18.0. The molecule has 0 bridgehead atoms. The zero-order chi connectivity index (χ0) is 26.2. The Morgan fingerprint density at radius 1 is 0.892 bits per heavy atom. The molecule has 9 nitrogen and oxygen atoms in total. The van der Waals surface area contributed by atoms with Gasteiger partial charge in [-0.1, -0.05) is 12.1 Å². The summed E-state index contributed by atoms with van der Waals surface area (Å²) in [6.45, 7) is 7.53. The summed E-state index contributed by atoms with van der Waals surface area (Å²) in [5.41, 5.74) is 2.81. The van der Waals surface area contributed by atoms with Gasteiger partial charge in [-0.25, -0.2) is 4.39 Å². The number of hydrogen-bond acceptors (Lipinski definition) is 9. The molecule has 1 saturated heterocycles. The average molecular weight is 512 g/mol. The van der Waals surface area contributed by atoms with Gasteiger partial charge in [0, 0.05) is 25.7 Å². The van der Waals surface area contributed by atoms with Crippen LogP contribution in [0.2, 0.25) is 0 Å². The van der Waals surface area contributed by atoms with E-state index in [-0.39, 0.29) is 23.9 Å². The molecule has 0 atom stereocenters. The van der Waals surface area contributed by atoms with Crippen molar-refractivity contribution < 1.29 is 23.3 Å². The van der Waals surface area contributed by atoms with Crippen LogP contribution in [0.4, 0.5) is 10.3 Å². The van der Waals surface area contributed by atoms with Crippen molar-refractivity contribution in [2.45, 2.75) is 39.3 Å². The Balaban J connectivity index is 1.46. The van der Waals surface area contributed by atoms with Crippen molar-refractivity contribution in [2.75, 3.05) is 45.8 Å². The Bertz CT molecular complexity index is 1120. The van der Waals surface area contributed by atoms with Crippen molar-refractivity contribution >= 4 is 5.95 Å². The molecule has 0 amide bonds. The van der Waals surface area contributed by atoms with Gasteiger partial charge in [0.25, 0.3) is 0 Å². The number of anilines is 1. The van der Waals surface area contributed by atoms with Gasteiger partial charge in [0.2, 0.25) is 5.95 Å². The number of halogens is 1. The summed E-state index contributed by atoms with van der Waals surface area (Å²) < 4.78 is 35.9. The van der Waals surface area contributed by atoms with Crippen molar-refractivity contribution in [3.63, 3.8) is 0 Å². The molecule has 3 aromatic rings. The van der Waals surface area contributed by atoms with Crippen LogP contribution < -0.4 is 24.3 Å². The van der Waals surface area contributed by atoms with E-state index in [2.05, 4.69) is 37.3 Å². The van der Waals surface area contributed by atoms with E-state index >= 15 is 0 Å². The molecule has 0 saturated carbocycles. The van der Waals surface area contributed by atoms with E-state index in [1.807, 2.05) is 13.8 Å². The summed E-state index contributed by atoms with van der Waals surface area (Å²) in [6, 6.07) is 11.2. The maximum absolute atomic E-state index is 13.5. The highest BCUT2D eigenvalue weighted by molar-refractivity contribution is 5.77. The molecule has 2 heterocycles. The normalized spacial score (nSPS) is 14.3. The zero-order valence-electron chi connectivity index (χ0n) is 21.8. The fourth-order valence-corrected chi connectivity index (χ4v) is 4.44.